The van der Waals surface area contributed by atoms with Crippen LogP contribution < -0.4 is 5.32 Å². The van der Waals surface area contributed by atoms with Crippen molar-refractivity contribution in [1.82, 2.24) is 15.1 Å². The molecule has 0 radical (unpaired) electrons. The molecule has 0 spiro atoms. The first-order valence-corrected chi connectivity index (χ1v) is 7.42. The monoisotopic (exact) mass is 269 g/mol. The molecule has 1 N–H and O–H groups in total. The van der Waals surface area contributed by atoms with Gasteiger partial charge in [0.05, 0.1) is 16.4 Å². The summed E-state index contributed by atoms with van der Waals surface area (Å²) in [7, 11) is 1.98. The van der Waals surface area contributed by atoms with Crippen molar-refractivity contribution in [3.8, 4) is 0 Å². The van der Waals surface area contributed by atoms with E-state index in [-0.39, 0.29) is 0 Å². The van der Waals surface area contributed by atoms with Crippen molar-refractivity contribution < 1.29 is 0 Å². The summed E-state index contributed by atoms with van der Waals surface area (Å²) in [5.74, 6) is 0.925. The lowest BCUT2D eigenvalue weighted by molar-refractivity contribution is 0.432. The Hall–Kier alpha value is -0.540. The molecule has 0 bridgehead atoms. The topological polar surface area (TPSA) is 29.9 Å². The molecule has 0 saturated heterocycles. The highest BCUT2D eigenvalue weighted by Crippen LogP contribution is 2.34. The second-order valence-corrected chi connectivity index (χ2v) is 5.74. The number of rotatable bonds is 7. The minimum absolute atomic E-state index is 0.711. The van der Waals surface area contributed by atoms with Crippen LogP contribution in [0.5, 0.6) is 0 Å². The lowest BCUT2D eigenvalue weighted by Gasteiger charge is -2.16. The van der Waals surface area contributed by atoms with Crippen molar-refractivity contribution >= 4 is 11.6 Å². The summed E-state index contributed by atoms with van der Waals surface area (Å²) < 4.78 is 1.93. The van der Waals surface area contributed by atoms with Crippen LogP contribution in [0.3, 0.4) is 0 Å². The third-order valence-electron chi connectivity index (χ3n) is 3.85. The zero-order valence-corrected chi connectivity index (χ0v) is 12.4. The molecule has 1 atom stereocenters. The van der Waals surface area contributed by atoms with Crippen molar-refractivity contribution in [1.29, 1.82) is 0 Å². The highest BCUT2D eigenvalue weighted by Gasteiger charge is 2.30. The molecule has 18 heavy (non-hydrogen) atoms. The van der Waals surface area contributed by atoms with Gasteiger partial charge in [0, 0.05) is 13.1 Å². The van der Waals surface area contributed by atoms with Crippen molar-refractivity contribution in [2.24, 2.45) is 13.0 Å². The molecule has 0 amide bonds. The SMILES string of the molecule is CCNC(CCCc1c(Cl)c(C)nn1C)C1CC1. The van der Waals surface area contributed by atoms with Crippen LogP contribution in [-0.2, 0) is 13.5 Å². The van der Waals surface area contributed by atoms with E-state index in [4.69, 9.17) is 11.6 Å². The second kappa shape index (κ2) is 6.07. The Morgan fingerprint density at radius 1 is 1.50 bits per heavy atom. The van der Waals surface area contributed by atoms with Crippen LogP contribution in [0.25, 0.3) is 0 Å². The molecule has 1 heterocycles. The van der Waals surface area contributed by atoms with Gasteiger partial charge in [-0.1, -0.05) is 18.5 Å². The number of aromatic nitrogens is 2. The van der Waals surface area contributed by atoms with Crippen LogP contribution in [0.15, 0.2) is 0 Å². The lowest BCUT2D eigenvalue weighted by atomic mass is 10.0. The van der Waals surface area contributed by atoms with E-state index in [1.54, 1.807) is 0 Å². The predicted octanol–water partition coefficient (Wildman–Crippen LogP) is 3.09. The molecule has 2 rings (SSSR count). The number of halogens is 1. The van der Waals surface area contributed by atoms with Gasteiger partial charge in [-0.2, -0.15) is 5.10 Å². The van der Waals surface area contributed by atoms with Gasteiger partial charge in [0.15, 0.2) is 0 Å². The largest absolute Gasteiger partial charge is 0.314 e. The van der Waals surface area contributed by atoms with E-state index in [9.17, 15) is 0 Å². The molecular weight excluding hydrogens is 246 g/mol. The fraction of sp³-hybridized carbons (Fsp3) is 0.786. The number of hydrogen-bond acceptors (Lipinski definition) is 2. The van der Waals surface area contributed by atoms with E-state index in [2.05, 4.69) is 17.3 Å². The van der Waals surface area contributed by atoms with Crippen molar-refractivity contribution in [3.05, 3.63) is 16.4 Å². The smallest absolute Gasteiger partial charge is 0.0846 e. The Labute approximate surface area is 115 Å². The standard InChI is InChI=1S/C14H24ClN3/c1-4-16-12(11-8-9-11)6-5-7-13-14(15)10(2)17-18(13)3/h11-12,16H,4-9H2,1-3H3. The summed E-state index contributed by atoms with van der Waals surface area (Å²) in [5, 5.41) is 8.82. The highest BCUT2D eigenvalue weighted by molar-refractivity contribution is 6.31. The van der Waals surface area contributed by atoms with Crippen LogP contribution in [0.4, 0.5) is 0 Å². The first-order chi connectivity index (χ1) is 8.63. The molecule has 1 unspecified atom stereocenters. The maximum Gasteiger partial charge on any atom is 0.0846 e. The van der Waals surface area contributed by atoms with Crippen molar-refractivity contribution in [3.63, 3.8) is 0 Å². The van der Waals surface area contributed by atoms with Gasteiger partial charge in [0.1, 0.15) is 0 Å². The zero-order chi connectivity index (χ0) is 13.1. The first-order valence-electron chi connectivity index (χ1n) is 7.04. The number of hydrogen-bond donors (Lipinski definition) is 1. The van der Waals surface area contributed by atoms with E-state index in [1.807, 2.05) is 18.7 Å². The van der Waals surface area contributed by atoms with Gasteiger partial charge in [-0.15, -0.1) is 0 Å². The summed E-state index contributed by atoms with van der Waals surface area (Å²) in [5.41, 5.74) is 2.12. The zero-order valence-electron chi connectivity index (χ0n) is 11.7. The summed E-state index contributed by atoms with van der Waals surface area (Å²) in [6.45, 7) is 5.24. The normalized spacial score (nSPS) is 17.1. The Morgan fingerprint density at radius 2 is 2.22 bits per heavy atom. The van der Waals surface area contributed by atoms with E-state index >= 15 is 0 Å². The average Bonchev–Trinajstić information content (AvgIpc) is 3.12. The Balaban J connectivity index is 1.83. The summed E-state index contributed by atoms with van der Waals surface area (Å²) in [4.78, 5) is 0. The van der Waals surface area contributed by atoms with Gasteiger partial charge in [0.25, 0.3) is 0 Å². The third-order valence-corrected chi connectivity index (χ3v) is 4.34. The minimum Gasteiger partial charge on any atom is -0.314 e. The fourth-order valence-electron chi connectivity index (χ4n) is 2.71. The van der Waals surface area contributed by atoms with E-state index in [0.717, 1.165) is 29.6 Å². The van der Waals surface area contributed by atoms with Gasteiger partial charge in [-0.05, 0) is 51.5 Å². The van der Waals surface area contributed by atoms with Crippen LogP contribution in [0.1, 0.15) is 44.0 Å². The predicted molar refractivity (Wildman–Crippen MR) is 76.1 cm³/mol. The minimum atomic E-state index is 0.711. The van der Waals surface area contributed by atoms with E-state index < -0.39 is 0 Å². The molecule has 3 nitrogen and oxygen atoms in total. The van der Waals surface area contributed by atoms with Gasteiger partial charge in [-0.25, -0.2) is 0 Å². The molecule has 1 fully saturated rings. The Bertz CT molecular complexity index is 396. The van der Waals surface area contributed by atoms with Gasteiger partial charge < -0.3 is 5.32 Å². The van der Waals surface area contributed by atoms with Crippen LogP contribution in [0.2, 0.25) is 5.02 Å². The molecule has 1 saturated carbocycles. The molecule has 1 aliphatic carbocycles. The molecule has 1 aromatic heterocycles. The Kier molecular flexibility index (Phi) is 4.68. The Morgan fingerprint density at radius 3 is 2.72 bits per heavy atom. The van der Waals surface area contributed by atoms with Gasteiger partial charge >= 0.3 is 0 Å². The van der Waals surface area contributed by atoms with Gasteiger partial charge in [0.2, 0.25) is 0 Å². The van der Waals surface area contributed by atoms with Gasteiger partial charge in [-0.3, -0.25) is 4.68 Å². The summed E-state index contributed by atoms with van der Waals surface area (Å²) in [6.07, 6.45) is 6.28. The molecule has 1 aliphatic rings. The maximum atomic E-state index is 6.27. The second-order valence-electron chi connectivity index (χ2n) is 5.36. The third kappa shape index (κ3) is 3.27. The molecule has 1 aromatic rings. The molecular formula is C14H24ClN3. The number of nitrogens with zero attached hydrogens (tertiary/aromatic N) is 2. The van der Waals surface area contributed by atoms with Crippen molar-refractivity contribution in [2.75, 3.05) is 6.54 Å². The quantitative estimate of drug-likeness (QED) is 0.824. The number of aryl methyl sites for hydroxylation is 2. The summed E-state index contributed by atoms with van der Waals surface area (Å²) in [6, 6.07) is 0.711. The summed E-state index contributed by atoms with van der Waals surface area (Å²) >= 11 is 6.27. The van der Waals surface area contributed by atoms with E-state index in [0.29, 0.717) is 6.04 Å². The van der Waals surface area contributed by atoms with Crippen LogP contribution in [-0.4, -0.2) is 22.4 Å². The number of nitrogens with one attached hydrogen (secondary N) is 1. The van der Waals surface area contributed by atoms with E-state index in [1.165, 1.54) is 31.4 Å². The lowest BCUT2D eigenvalue weighted by Crippen LogP contribution is -2.30. The van der Waals surface area contributed by atoms with Crippen LogP contribution in [0, 0.1) is 12.8 Å². The molecule has 4 heteroatoms. The first kappa shape index (κ1) is 13.9. The highest BCUT2D eigenvalue weighted by atomic mass is 35.5. The average molecular weight is 270 g/mol. The molecule has 0 aromatic carbocycles. The van der Waals surface area contributed by atoms with Crippen LogP contribution >= 0.6 is 11.6 Å². The fourth-order valence-corrected chi connectivity index (χ4v) is 2.96. The molecule has 102 valence electrons. The molecule has 0 aliphatic heterocycles. The maximum absolute atomic E-state index is 6.27. The van der Waals surface area contributed by atoms with Crippen molar-refractivity contribution in [2.45, 2.75) is 52.0 Å².